The molecule has 1 aliphatic carbocycles. The van der Waals surface area contributed by atoms with Gasteiger partial charge in [-0.05, 0) is 66.7 Å². The third-order valence-corrected chi connectivity index (χ3v) is 6.05. The molecule has 6 heteroatoms. The van der Waals surface area contributed by atoms with Crippen LogP contribution < -0.4 is 5.73 Å². The standard InChI is InChI=1S/C13H19BrN2O2S/c1-9(2)16(8-10-3-4-10)19(17,18)11-5-6-12(14)13(15)7-11/h5-7,9-10H,3-4,8,15H2,1-2H3. The molecule has 19 heavy (non-hydrogen) atoms. The van der Waals surface area contributed by atoms with Crippen molar-refractivity contribution in [3.05, 3.63) is 22.7 Å². The van der Waals surface area contributed by atoms with E-state index >= 15 is 0 Å². The van der Waals surface area contributed by atoms with Gasteiger partial charge in [-0.1, -0.05) is 0 Å². The first kappa shape index (κ1) is 14.8. The quantitative estimate of drug-likeness (QED) is 0.833. The van der Waals surface area contributed by atoms with Crippen molar-refractivity contribution in [2.75, 3.05) is 12.3 Å². The summed E-state index contributed by atoms with van der Waals surface area (Å²) in [5.41, 5.74) is 6.22. The number of hydrogen-bond acceptors (Lipinski definition) is 3. The van der Waals surface area contributed by atoms with E-state index in [1.165, 1.54) is 6.07 Å². The second-order valence-electron chi connectivity index (χ2n) is 5.30. The molecule has 106 valence electrons. The number of rotatable bonds is 5. The number of benzene rings is 1. The zero-order valence-corrected chi connectivity index (χ0v) is 13.5. The lowest BCUT2D eigenvalue weighted by Crippen LogP contribution is -2.38. The number of anilines is 1. The Morgan fingerprint density at radius 3 is 2.53 bits per heavy atom. The van der Waals surface area contributed by atoms with Gasteiger partial charge in [-0.2, -0.15) is 4.31 Å². The molecule has 2 N–H and O–H groups in total. The smallest absolute Gasteiger partial charge is 0.243 e. The van der Waals surface area contributed by atoms with Crippen molar-refractivity contribution in [1.29, 1.82) is 0 Å². The Bertz CT molecular complexity index is 568. The van der Waals surface area contributed by atoms with Gasteiger partial charge in [-0.15, -0.1) is 0 Å². The lowest BCUT2D eigenvalue weighted by molar-refractivity contribution is 0.342. The minimum atomic E-state index is -3.46. The van der Waals surface area contributed by atoms with E-state index in [0.717, 1.165) is 12.8 Å². The normalized spacial score (nSPS) is 16.3. The van der Waals surface area contributed by atoms with Crippen LogP contribution in [0, 0.1) is 5.92 Å². The Balaban J connectivity index is 2.34. The lowest BCUT2D eigenvalue weighted by Gasteiger charge is -2.26. The Hall–Kier alpha value is -0.590. The molecule has 1 fully saturated rings. The van der Waals surface area contributed by atoms with Gasteiger partial charge >= 0.3 is 0 Å². The van der Waals surface area contributed by atoms with E-state index in [1.807, 2.05) is 13.8 Å². The maximum Gasteiger partial charge on any atom is 0.243 e. The van der Waals surface area contributed by atoms with Crippen LogP contribution in [-0.2, 0) is 10.0 Å². The van der Waals surface area contributed by atoms with Crippen LogP contribution in [0.15, 0.2) is 27.6 Å². The summed E-state index contributed by atoms with van der Waals surface area (Å²) in [4.78, 5) is 0.266. The Labute approximate surface area is 123 Å². The molecule has 0 saturated heterocycles. The van der Waals surface area contributed by atoms with Crippen LogP contribution in [0.25, 0.3) is 0 Å². The molecule has 0 aromatic heterocycles. The van der Waals surface area contributed by atoms with Gasteiger partial charge in [-0.3, -0.25) is 0 Å². The van der Waals surface area contributed by atoms with Gasteiger partial charge in [0.15, 0.2) is 0 Å². The van der Waals surface area contributed by atoms with Gasteiger partial charge in [0, 0.05) is 22.7 Å². The third-order valence-electron chi connectivity index (χ3n) is 3.29. The maximum atomic E-state index is 12.7. The first-order valence-electron chi connectivity index (χ1n) is 6.39. The van der Waals surface area contributed by atoms with E-state index in [4.69, 9.17) is 5.73 Å². The highest BCUT2D eigenvalue weighted by molar-refractivity contribution is 9.10. The molecule has 1 saturated carbocycles. The molecule has 0 heterocycles. The van der Waals surface area contributed by atoms with Crippen molar-refractivity contribution in [2.24, 2.45) is 5.92 Å². The van der Waals surface area contributed by atoms with E-state index in [2.05, 4.69) is 15.9 Å². The van der Waals surface area contributed by atoms with Crippen LogP contribution in [0.1, 0.15) is 26.7 Å². The number of nitrogens with zero attached hydrogens (tertiary/aromatic N) is 1. The summed E-state index contributed by atoms with van der Waals surface area (Å²) in [7, 11) is -3.46. The molecular formula is C13H19BrN2O2S. The summed E-state index contributed by atoms with van der Waals surface area (Å²) in [6.45, 7) is 4.42. The molecule has 0 amide bonds. The second kappa shape index (κ2) is 5.42. The van der Waals surface area contributed by atoms with Crippen molar-refractivity contribution in [3.8, 4) is 0 Å². The molecule has 0 spiro atoms. The van der Waals surface area contributed by atoms with Crippen molar-refractivity contribution in [3.63, 3.8) is 0 Å². The van der Waals surface area contributed by atoms with E-state index in [9.17, 15) is 8.42 Å². The minimum absolute atomic E-state index is 0.0459. The topological polar surface area (TPSA) is 63.4 Å². The molecule has 0 atom stereocenters. The van der Waals surface area contributed by atoms with Crippen LogP contribution in [0.3, 0.4) is 0 Å². The minimum Gasteiger partial charge on any atom is -0.398 e. The summed E-state index contributed by atoms with van der Waals surface area (Å²) in [5.74, 6) is 0.518. The van der Waals surface area contributed by atoms with Crippen molar-refractivity contribution < 1.29 is 8.42 Å². The van der Waals surface area contributed by atoms with Gasteiger partial charge in [0.2, 0.25) is 10.0 Å². The summed E-state index contributed by atoms with van der Waals surface area (Å²) < 4.78 is 27.6. The molecule has 0 radical (unpaired) electrons. The van der Waals surface area contributed by atoms with E-state index in [-0.39, 0.29) is 10.9 Å². The molecular weight excluding hydrogens is 328 g/mol. The lowest BCUT2D eigenvalue weighted by atomic mass is 10.3. The average molecular weight is 347 g/mol. The zero-order chi connectivity index (χ0) is 14.2. The molecule has 2 rings (SSSR count). The van der Waals surface area contributed by atoms with Crippen LogP contribution in [0.2, 0.25) is 0 Å². The van der Waals surface area contributed by atoms with Crippen molar-refractivity contribution in [1.82, 2.24) is 4.31 Å². The predicted octanol–water partition coefficient (Wildman–Crippen LogP) is 2.84. The predicted molar refractivity (Wildman–Crippen MR) is 80.3 cm³/mol. The molecule has 0 bridgehead atoms. The number of halogens is 1. The van der Waals surface area contributed by atoms with Crippen LogP contribution in [0.5, 0.6) is 0 Å². The second-order valence-corrected chi connectivity index (χ2v) is 8.04. The molecule has 1 aromatic rings. The van der Waals surface area contributed by atoms with E-state index < -0.39 is 10.0 Å². The zero-order valence-electron chi connectivity index (χ0n) is 11.1. The molecule has 0 aliphatic heterocycles. The molecule has 1 aliphatic rings. The molecule has 0 unspecified atom stereocenters. The Morgan fingerprint density at radius 1 is 1.42 bits per heavy atom. The number of hydrogen-bond donors (Lipinski definition) is 1. The number of nitrogen functional groups attached to an aromatic ring is 1. The third kappa shape index (κ3) is 3.30. The largest absolute Gasteiger partial charge is 0.398 e. The first-order valence-corrected chi connectivity index (χ1v) is 8.62. The summed E-state index contributed by atoms with van der Waals surface area (Å²) in [6.07, 6.45) is 2.25. The van der Waals surface area contributed by atoms with E-state index in [0.29, 0.717) is 22.6 Å². The first-order chi connectivity index (χ1) is 8.82. The monoisotopic (exact) mass is 346 g/mol. The number of nitrogens with two attached hydrogens (primary N) is 1. The Kier molecular flexibility index (Phi) is 4.23. The van der Waals surface area contributed by atoms with Gasteiger partial charge in [-0.25, -0.2) is 8.42 Å². The SMILES string of the molecule is CC(C)N(CC1CC1)S(=O)(=O)c1ccc(Br)c(N)c1. The van der Waals surface area contributed by atoms with Crippen LogP contribution in [-0.4, -0.2) is 25.3 Å². The van der Waals surface area contributed by atoms with Gasteiger partial charge in [0.05, 0.1) is 4.90 Å². The van der Waals surface area contributed by atoms with Crippen molar-refractivity contribution in [2.45, 2.75) is 37.6 Å². The fourth-order valence-corrected chi connectivity index (χ4v) is 3.95. The van der Waals surface area contributed by atoms with Gasteiger partial charge in [0.25, 0.3) is 0 Å². The highest BCUT2D eigenvalue weighted by atomic mass is 79.9. The number of sulfonamides is 1. The summed E-state index contributed by atoms with van der Waals surface area (Å²) in [6, 6.07) is 4.74. The van der Waals surface area contributed by atoms with Gasteiger partial charge in [0.1, 0.15) is 0 Å². The highest BCUT2D eigenvalue weighted by Crippen LogP contribution is 2.33. The summed E-state index contributed by atoms with van der Waals surface area (Å²) in [5, 5.41) is 0. The van der Waals surface area contributed by atoms with E-state index in [1.54, 1.807) is 16.4 Å². The van der Waals surface area contributed by atoms with Crippen molar-refractivity contribution >= 4 is 31.6 Å². The maximum absolute atomic E-state index is 12.7. The highest BCUT2D eigenvalue weighted by Gasteiger charge is 2.33. The van der Waals surface area contributed by atoms with Crippen LogP contribution in [0.4, 0.5) is 5.69 Å². The summed E-state index contributed by atoms with van der Waals surface area (Å²) >= 11 is 3.28. The van der Waals surface area contributed by atoms with Gasteiger partial charge < -0.3 is 5.73 Å². The molecule has 4 nitrogen and oxygen atoms in total. The fourth-order valence-electron chi connectivity index (χ4n) is 1.96. The average Bonchev–Trinajstić information content (AvgIpc) is 3.12. The Morgan fingerprint density at radius 2 is 2.05 bits per heavy atom. The molecule has 1 aromatic carbocycles. The van der Waals surface area contributed by atoms with Crippen LogP contribution >= 0.6 is 15.9 Å². The fraction of sp³-hybridized carbons (Fsp3) is 0.538.